The Labute approximate surface area is 354 Å². The van der Waals surface area contributed by atoms with E-state index in [0.717, 1.165) is 72.6 Å². The molecule has 294 valence electrons. The van der Waals surface area contributed by atoms with Crippen LogP contribution < -0.4 is 11.1 Å². The topological polar surface area (TPSA) is 128 Å². The van der Waals surface area contributed by atoms with Crippen molar-refractivity contribution in [3.05, 3.63) is 175 Å². The predicted molar refractivity (Wildman–Crippen MR) is 237 cm³/mol. The van der Waals surface area contributed by atoms with Crippen LogP contribution in [-0.2, 0) is 22.4 Å². The lowest BCUT2D eigenvalue weighted by atomic mass is 9.95. The van der Waals surface area contributed by atoms with Gasteiger partial charge in [-0.15, -0.1) is 39.5 Å². The van der Waals surface area contributed by atoms with Crippen molar-refractivity contribution in [3.63, 3.8) is 0 Å². The molecule has 9 aromatic rings. The Morgan fingerprint density at radius 2 is 1.47 bits per heavy atom. The first-order valence-corrected chi connectivity index (χ1v) is 22.3. The molecule has 10 nitrogen and oxygen atoms in total. The van der Waals surface area contributed by atoms with E-state index >= 15 is 0 Å². The van der Waals surface area contributed by atoms with Gasteiger partial charge in [-0.25, -0.2) is 9.59 Å². The van der Waals surface area contributed by atoms with Gasteiger partial charge in [0.15, 0.2) is 5.69 Å². The van der Waals surface area contributed by atoms with E-state index in [1.54, 1.807) is 29.7 Å². The van der Waals surface area contributed by atoms with Gasteiger partial charge in [0.25, 0.3) is 11.1 Å². The van der Waals surface area contributed by atoms with Crippen molar-refractivity contribution in [2.75, 3.05) is 5.75 Å². The second kappa shape index (κ2) is 14.7. The maximum atomic E-state index is 14.4. The summed E-state index contributed by atoms with van der Waals surface area (Å²) < 4.78 is 8.57. The predicted octanol–water partition coefficient (Wildman–Crippen LogP) is 9.43. The number of thiazole rings is 1. The highest BCUT2D eigenvalue weighted by Crippen LogP contribution is 2.48. The highest BCUT2D eigenvalue weighted by molar-refractivity contribution is 7.99. The fourth-order valence-electron chi connectivity index (χ4n) is 8.66. The summed E-state index contributed by atoms with van der Waals surface area (Å²) in [6.45, 7) is 0. The lowest BCUT2D eigenvalue weighted by Crippen LogP contribution is -2.32. The average molecular weight is 844 g/mol. The number of fused-ring (bicyclic) bond motifs is 4. The highest BCUT2D eigenvalue weighted by atomic mass is 32.2. The summed E-state index contributed by atoms with van der Waals surface area (Å²) in [7, 11) is 0. The van der Waals surface area contributed by atoms with Gasteiger partial charge in [-0.05, 0) is 92.4 Å². The number of thiophene rings is 1. The van der Waals surface area contributed by atoms with Crippen LogP contribution in [0.15, 0.2) is 135 Å². The molecule has 2 aliphatic rings. The number of H-pyrrole nitrogens is 1. The first-order chi connectivity index (χ1) is 29.4. The second-order valence-electron chi connectivity index (χ2n) is 15.2. The van der Waals surface area contributed by atoms with Crippen LogP contribution in [0.2, 0.25) is 0 Å². The largest absolute Gasteiger partial charge is 0.387 e. The molecule has 1 saturated carbocycles. The van der Waals surface area contributed by atoms with Gasteiger partial charge in [-0.2, -0.15) is 0 Å². The number of thioether (sulfide) groups is 1. The number of aromatic nitrogens is 5. The van der Waals surface area contributed by atoms with E-state index < -0.39 is 23.5 Å². The van der Waals surface area contributed by atoms with Gasteiger partial charge >= 0.3 is 11.9 Å². The summed E-state index contributed by atoms with van der Waals surface area (Å²) in [5.41, 5.74) is 5.34. The molecule has 0 saturated heterocycles. The number of hydrogen-bond acceptors (Lipinski definition) is 10. The first-order valence-electron chi connectivity index (χ1n) is 19.6. The molecule has 1 aliphatic carbocycles. The Bertz CT molecular complexity index is 3300. The Hall–Kier alpha value is -6.41. The number of nitrogens with zero attached hydrogens (tertiary/aromatic N) is 4. The second-order valence-corrected chi connectivity index (χ2v) is 18.1. The van der Waals surface area contributed by atoms with Gasteiger partial charge in [0, 0.05) is 28.3 Å². The molecular weight excluding hydrogens is 811 g/mol. The number of benzene rings is 4. The zero-order valence-corrected chi connectivity index (χ0v) is 34.2. The monoisotopic (exact) mass is 843 g/mol. The van der Waals surface area contributed by atoms with E-state index in [1.165, 1.54) is 32.1 Å². The molecule has 1 fully saturated rings. The third kappa shape index (κ3) is 6.23. The molecule has 0 spiro atoms. The zero-order chi connectivity index (χ0) is 40.5. The van der Waals surface area contributed by atoms with Crippen molar-refractivity contribution in [1.82, 2.24) is 24.4 Å². The number of pyridine rings is 2. The van der Waals surface area contributed by atoms with E-state index in [1.807, 2.05) is 53.9 Å². The minimum atomic E-state index is -1.07. The van der Waals surface area contributed by atoms with Crippen molar-refractivity contribution in [1.29, 1.82) is 0 Å². The maximum absolute atomic E-state index is 14.4. The van der Waals surface area contributed by atoms with Crippen LogP contribution in [0.25, 0.3) is 47.4 Å². The first kappa shape index (κ1) is 36.7. The summed E-state index contributed by atoms with van der Waals surface area (Å²) >= 11 is 4.23. The van der Waals surface area contributed by atoms with E-state index in [0.29, 0.717) is 33.3 Å². The molecule has 11 rings (SSSR count). The van der Waals surface area contributed by atoms with Gasteiger partial charge in [0.2, 0.25) is 0 Å². The maximum Gasteiger partial charge on any atom is 0.364 e. The minimum Gasteiger partial charge on any atom is -0.387 e. The molecule has 1 N–H and O–H groups in total. The molecule has 1 aliphatic heterocycles. The van der Waals surface area contributed by atoms with Crippen LogP contribution in [0, 0.1) is 0 Å². The number of carbonyl (C=O) groups excluding carboxylic acids is 2. The average Bonchev–Trinajstić information content (AvgIpc) is 3.72. The molecule has 6 heterocycles. The fourth-order valence-corrected chi connectivity index (χ4v) is 12.2. The zero-order valence-electron chi connectivity index (χ0n) is 31.8. The minimum absolute atomic E-state index is 0.0937. The normalized spacial score (nSPS) is 14.9. The third-order valence-corrected chi connectivity index (χ3v) is 14.7. The highest BCUT2D eigenvalue weighted by Gasteiger charge is 2.38. The van der Waals surface area contributed by atoms with E-state index in [2.05, 4.69) is 63.9 Å². The SMILES string of the molecule is O=C(OC(=O)[C@@H]1CSc2c(-c3cccs3)c(Cc3cccc4ccccc34)cc(=O)n21)c1c(-c2c[nH]nn2)sc2c(C3CC3)c(Cc3cccc4ccccc34)cc(=O)n12. The van der Waals surface area contributed by atoms with Crippen LogP contribution in [0.4, 0.5) is 0 Å². The number of ether oxygens (including phenoxy) is 1. The molecular formula is C47H33N5O5S3. The molecule has 0 bridgehead atoms. The summed E-state index contributed by atoms with van der Waals surface area (Å²) in [4.78, 5) is 59.0. The van der Waals surface area contributed by atoms with Gasteiger partial charge in [0.1, 0.15) is 16.6 Å². The number of rotatable bonds is 9. The van der Waals surface area contributed by atoms with Crippen LogP contribution >= 0.6 is 34.4 Å². The molecule has 60 heavy (non-hydrogen) atoms. The molecule has 1 atom stereocenters. The van der Waals surface area contributed by atoms with Crippen molar-refractivity contribution in [2.24, 2.45) is 0 Å². The summed E-state index contributed by atoms with van der Waals surface area (Å²) in [5, 5.41) is 17.9. The lowest BCUT2D eigenvalue weighted by Gasteiger charge is -2.17. The molecule has 0 unspecified atom stereocenters. The standard InChI is InChI=1S/C47H33N5O5S3/c53-38-23-32(21-30-13-6-11-27-9-2-4-15-34(27)30)41(37-16-7-19-58-37)44-51(38)36(25-59-44)46(55)57-47(56)42-43(35-24-48-50-49-35)60-45-40(28-17-18-28)31(22-39(54)52(42)45)20-29-12-5-10-26-8-1-3-14-33(26)29/h1-16,19,22-24,28,36H,17-18,20-21,25H2,(H,48,49,50)/t36-/m0/s1. The fraction of sp³-hybridized carbons (Fsp3) is 0.149. The van der Waals surface area contributed by atoms with Gasteiger partial charge in [-0.1, -0.05) is 96.2 Å². The molecule has 4 aromatic carbocycles. The smallest absolute Gasteiger partial charge is 0.364 e. The Kier molecular flexibility index (Phi) is 8.98. The molecule has 0 radical (unpaired) electrons. The van der Waals surface area contributed by atoms with Gasteiger partial charge in [-0.3, -0.25) is 23.7 Å². The van der Waals surface area contributed by atoms with Crippen LogP contribution in [0.1, 0.15) is 63.1 Å². The number of hydrogen-bond donors (Lipinski definition) is 1. The van der Waals surface area contributed by atoms with Crippen molar-refractivity contribution in [2.45, 2.75) is 42.7 Å². The summed E-state index contributed by atoms with van der Waals surface area (Å²) in [6, 6.07) is 34.9. The van der Waals surface area contributed by atoms with Crippen LogP contribution in [-0.4, -0.2) is 42.1 Å². The summed E-state index contributed by atoms with van der Waals surface area (Å²) in [6.07, 6.45) is 4.52. The Balaban J connectivity index is 0.973. The van der Waals surface area contributed by atoms with Gasteiger partial charge < -0.3 is 4.74 Å². The van der Waals surface area contributed by atoms with Crippen molar-refractivity contribution in [3.8, 4) is 21.0 Å². The number of carbonyl (C=O) groups is 2. The number of esters is 2. The third-order valence-electron chi connectivity index (χ3n) is 11.5. The quantitative estimate of drug-likeness (QED) is 0.113. The number of nitrogens with one attached hydrogen (secondary N) is 1. The van der Waals surface area contributed by atoms with Crippen LogP contribution in [0.5, 0.6) is 0 Å². The van der Waals surface area contributed by atoms with Crippen molar-refractivity contribution < 1.29 is 14.3 Å². The molecule has 13 heteroatoms. The Morgan fingerprint density at radius 3 is 2.13 bits per heavy atom. The lowest BCUT2D eigenvalue weighted by molar-refractivity contribution is -0.141. The Morgan fingerprint density at radius 1 is 0.783 bits per heavy atom. The number of aromatic amines is 1. The molecule has 5 aromatic heterocycles. The van der Waals surface area contributed by atoms with E-state index in [4.69, 9.17) is 4.74 Å². The van der Waals surface area contributed by atoms with E-state index in [9.17, 15) is 19.2 Å². The summed E-state index contributed by atoms with van der Waals surface area (Å²) in [5.74, 6) is -1.46. The molecule has 0 amide bonds. The van der Waals surface area contributed by atoms with Crippen molar-refractivity contribution >= 4 is 72.7 Å². The van der Waals surface area contributed by atoms with Crippen LogP contribution in [0.3, 0.4) is 0 Å². The van der Waals surface area contributed by atoms with Gasteiger partial charge in [0.05, 0.1) is 16.1 Å². The van der Waals surface area contributed by atoms with E-state index in [-0.39, 0.29) is 22.9 Å².